The number of nitrogens with zero attached hydrogens (tertiary/aromatic N) is 3. The van der Waals surface area contributed by atoms with Crippen LogP contribution < -0.4 is 11.0 Å². The van der Waals surface area contributed by atoms with Gasteiger partial charge in [-0.15, -0.1) is 10.2 Å². The highest BCUT2D eigenvalue weighted by Gasteiger charge is 2.21. The number of amides is 1. The van der Waals surface area contributed by atoms with Crippen LogP contribution in [0, 0.1) is 6.92 Å². The molecule has 3 N–H and O–H groups in total. The van der Waals surface area contributed by atoms with Crippen molar-refractivity contribution < 1.29 is 4.79 Å². The Bertz CT molecular complexity index is 1010. The van der Waals surface area contributed by atoms with Gasteiger partial charge < -0.3 is 19.9 Å². The number of H-pyrrole nitrogens is 2. The third kappa shape index (κ3) is 3.92. The maximum Gasteiger partial charge on any atom is 0.323 e. The first-order valence-electron chi connectivity index (χ1n) is 9.16. The van der Waals surface area contributed by atoms with Gasteiger partial charge in [-0.05, 0) is 38.0 Å². The van der Waals surface area contributed by atoms with Crippen molar-refractivity contribution in [3.05, 3.63) is 34.5 Å². The van der Waals surface area contributed by atoms with Crippen LogP contribution in [0.4, 0.5) is 5.69 Å². The number of hydrogen-bond donors (Lipinski definition) is 3. The van der Waals surface area contributed by atoms with E-state index in [1.54, 1.807) is 18.2 Å². The molecule has 0 radical (unpaired) electrons. The van der Waals surface area contributed by atoms with E-state index >= 15 is 0 Å². The minimum absolute atomic E-state index is 0.118. The summed E-state index contributed by atoms with van der Waals surface area (Å²) < 4.78 is 2.19. The van der Waals surface area contributed by atoms with Gasteiger partial charge in [0.05, 0.1) is 16.8 Å². The Morgan fingerprint density at radius 2 is 2.00 bits per heavy atom. The zero-order valence-corrected chi connectivity index (χ0v) is 15.9. The average Bonchev–Trinajstić information content (AvgIpc) is 3.21. The van der Waals surface area contributed by atoms with Gasteiger partial charge in [0.2, 0.25) is 5.91 Å². The minimum atomic E-state index is -0.263. The number of aromatic nitrogens is 5. The van der Waals surface area contributed by atoms with Crippen molar-refractivity contribution >= 4 is 34.4 Å². The number of aromatic amines is 2. The molecule has 1 aromatic carbocycles. The Morgan fingerprint density at radius 3 is 2.81 bits per heavy atom. The number of fused-ring (bicyclic) bond motifs is 1. The van der Waals surface area contributed by atoms with Crippen LogP contribution in [-0.4, -0.2) is 36.4 Å². The van der Waals surface area contributed by atoms with Gasteiger partial charge in [-0.3, -0.25) is 4.79 Å². The molecule has 9 heteroatoms. The van der Waals surface area contributed by atoms with Gasteiger partial charge in [-0.1, -0.05) is 31.0 Å². The lowest BCUT2D eigenvalue weighted by Crippen LogP contribution is -2.17. The molecule has 1 saturated carbocycles. The quantitative estimate of drug-likeness (QED) is 0.584. The Labute approximate surface area is 160 Å². The normalized spacial score (nSPS) is 15.3. The van der Waals surface area contributed by atoms with E-state index in [9.17, 15) is 9.59 Å². The zero-order chi connectivity index (χ0) is 18.8. The Kier molecular flexibility index (Phi) is 5.02. The number of carbonyl (C=O) groups excluding carboxylic acids is 1. The monoisotopic (exact) mass is 386 g/mol. The Balaban J connectivity index is 1.41. The molecular weight excluding hydrogens is 364 g/mol. The standard InChI is InChI=1S/C18H22N6O2S/c1-11-22-23-18(24(11)13-5-3-2-4-6-13)27-10-16(25)19-12-7-8-14-15(9-12)21-17(26)20-14/h7-9,13H,2-6,10H2,1H3,(H,19,25)(H2,20,21,26). The average molecular weight is 386 g/mol. The fraction of sp³-hybridized carbons (Fsp3) is 0.444. The Morgan fingerprint density at radius 1 is 1.22 bits per heavy atom. The fourth-order valence-corrected chi connectivity index (χ4v) is 4.50. The maximum atomic E-state index is 12.4. The van der Waals surface area contributed by atoms with Crippen molar-refractivity contribution in [1.82, 2.24) is 24.7 Å². The van der Waals surface area contributed by atoms with Crippen molar-refractivity contribution in [2.75, 3.05) is 11.1 Å². The molecule has 0 spiro atoms. The number of benzene rings is 1. The van der Waals surface area contributed by atoms with Gasteiger partial charge in [0.1, 0.15) is 5.82 Å². The molecule has 8 nitrogen and oxygen atoms in total. The van der Waals surface area contributed by atoms with Gasteiger partial charge in [-0.25, -0.2) is 4.79 Å². The van der Waals surface area contributed by atoms with Crippen LogP contribution in [0.15, 0.2) is 28.2 Å². The molecule has 1 amide bonds. The van der Waals surface area contributed by atoms with Crippen molar-refractivity contribution in [2.45, 2.75) is 50.2 Å². The van der Waals surface area contributed by atoms with Gasteiger partial charge in [0.15, 0.2) is 5.16 Å². The van der Waals surface area contributed by atoms with Crippen molar-refractivity contribution in [3.63, 3.8) is 0 Å². The third-order valence-corrected chi connectivity index (χ3v) is 5.85. The highest BCUT2D eigenvalue weighted by atomic mass is 32.2. The number of nitrogens with one attached hydrogen (secondary N) is 3. The summed E-state index contributed by atoms with van der Waals surface area (Å²) in [6.45, 7) is 1.97. The summed E-state index contributed by atoms with van der Waals surface area (Å²) in [5.74, 6) is 1.05. The molecule has 3 aromatic rings. The highest BCUT2D eigenvalue weighted by Crippen LogP contribution is 2.32. The minimum Gasteiger partial charge on any atom is -0.325 e. The number of anilines is 1. The van der Waals surface area contributed by atoms with Crippen LogP contribution in [0.5, 0.6) is 0 Å². The number of aryl methyl sites for hydroxylation is 1. The van der Waals surface area contributed by atoms with Crippen LogP contribution >= 0.6 is 11.8 Å². The molecule has 0 aliphatic heterocycles. The van der Waals surface area contributed by atoms with Gasteiger partial charge >= 0.3 is 5.69 Å². The second-order valence-corrected chi connectivity index (χ2v) is 7.81. The fourth-order valence-electron chi connectivity index (χ4n) is 3.65. The SMILES string of the molecule is Cc1nnc(SCC(=O)Nc2ccc3[nH]c(=O)[nH]c3c2)n1C1CCCCC1. The molecule has 0 unspecified atom stereocenters. The van der Waals surface area contributed by atoms with Gasteiger partial charge in [0, 0.05) is 11.7 Å². The van der Waals surface area contributed by atoms with Gasteiger partial charge in [0.25, 0.3) is 0 Å². The number of hydrogen-bond acceptors (Lipinski definition) is 5. The molecule has 2 heterocycles. The summed E-state index contributed by atoms with van der Waals surface area (Å²) in [7, 11) is 0. The lowest BCUT2D eigenvalue weighted by Gasteiger charge is -2.24. The molecule has 1 aliphatic rings. The van der Waals surface area contributed by atoms with Crippen molar-refractivity contribution in [2.24, 2.45) is 0 Å². The smallest absolute Gasteiger partial charge is 0.323 e. The zero-order valence-electron chi connectivity index (χ0n) is 15.1. The van der Waals surface area contributed by atoms with Crippen molar-refractivity contribution in [3.8, 4) is 0 Å². The molecule has 4 rings (SSSR count). The van der Waals surface area contributed by atoms with E-state index < -0.39 is 0 Å². The first-order chi connectivity index (χ1) is 13.1. The van der Waals surface area contributed by atoms with E-state index in [4.69, 9.17) is 0 Å². The largest absolute Gasteiger partial charge is 0.325 e. The summed E-state index contributed by atoms with van der Waals surface area (Å²) in [5, 5.41) is 12.2. The maximum absolute atomic E-state index is 12.4. The Hall–Kier alpha value is -2.55. The second kappa shape index (κ2) is 7.59. The third-order valence-electron chi connectivity index (χ3n) is 4.91. The predicted octanol–water partition coefficient (Wildman–Crippen LogP) is 2.99. The summed E-state index contributed by atoms with van der Waals surface area (Å²) in [4.78, 5) is 29.0. The lowest BCUT2D eigenvalue weighted by atomic mass is 9.95. The first-order valence-corrected chi connectivity index (χ1v) is 10.1. The molecule has 1 aliphatic carbocycles. The van der Waals surface area contributed by atoms with E-state index in [2.05, 4.69) is 30.0 Å². The molecule has 0 bridgehead atoms. The summed E-state index contributed by atoms with van der Waals surface area (Å²) in [5.41, 5.74) is 1.76. The number of imidazole rings is 1. The summed E-state index contributed by atoms with van der Waals surface area (Å²) in [6.07, 6.45) is 6.05. The second-order valence-electron chi connectivity index (χ2n) is 6.87. The number of rotatable bonds is 5. The van der Waals surface area contributed by atoms with Crippen LogP contribution in [-0.2, 0) is 4.79 Å². The molecule has 1 fully saturated rings. The first kappa shape index (κ1) is 17.8. The van der Waals surface area contributed by atoms with E-state index in [1.165, 1.54) is 31.0 Å². The molecule has 2 aromatic heterocycles. The van der Waals surface area contributed by atoms with Crippen LogP contribution in [0.25, 0.3) is 11.0 Å². The highest BCUT2D eigenvalue weighted by molar-refractivity contribution is 7.99. The number of thioether (sulfide) groups is 1. The van der Waals surface area contributed by atoms with E-state index in [0.717, 1.165) is 23.8 Å². The summed E-state index contributed by atoms with van der Waals surface area (Å²) in [6, 6.07) is 5.71. The van der Waals surface area contributed by atoms with E-state index in [1.807, 2.05) is 6.92 Å². The van der Waals surface area contributed by atoms with Gasteiger partial charge in [-0.2, -0.15) is 0 Å². The van der Waals surface area contributed by atoms with Crippen LogP contribution in [0.1, 0.15) is 44.0 Å². The molecule has 27 heavy (non-hydrogen) atoms. The summed E-state index contributed by atoms with van der Waals surface area (Å²) >= 11 is 1.41. The predicted molar refractivity (Wildman–Crippen MR) is 105 cm³/mol. The topological polar surface area (TPSA) is 108 Å². The molecular formula is C18H22N6O2S. The molecule has 0 atom stereocenters. The van der Waals surface area contributed by atoms with Crippen molar-refractivity contribution in [1.29, 1.82) is 0 Å². The lowest BCUT2D eigenvalue weighted by molar-refractivity contribution is -0.113. The molecule has 142 valence electrons. The van der Waals surface area contributed by atoms with Crippen LogP contribution in [0.3, 0.4) is 0 Å². The van der Waals surface area contributed by atoms with Crippen LogP contribution in [0.2, 0.25) is 0 Å². The molecule has 0 saturated heterocycles. The van der Waals surface area contributed by atoms with E-state index in [-0.39, 0.29) is 17.3 Å². The number of carbonyl (C=O) groups is 1. The van der Waals surface area contributed by atoms with E-state index in [0.29, 0.717) is 22.8 Å².